The number of amides is 1. The third-order valence-corrected chi connectivity index (χ3v) is 2.57. The highest BCUT2D eigenvalue weighted by Gasteiger charge is 2.08. The Bertz CT molecular complexity index is 551. The molecule has 2 rings (SSSR count). The molecule has 1 aromatic carbocycles. The van der Waals surface area contributed by atoms with Crippen molar-refractivity contribution in [1.82, 2.24) is 15.5 Å². The largest absolute Gasteiger partial charge is 0.508 e. The van der Waals surface area contributed by atoms with Crippen molar-refractivity contribution in [3.8, 4) is 5.75 Å². The molecule has 0 spiro atoms. The van der Waals surface area contributed by atoms with Crippen LogP contribution < -0.4 is 11.1 Å². The van der Waals surface area contributed by atoms with Gasteiger partial charge >= 0.3 is 0 Å². The van der Waals surface area contributed by atoms with E-state index in [4.69, 9.17) is 5.73 Å². The number of H-pyrrole nitrogens is 1. The lowest BCUT2D eigenvalue weighted by Crippen LogP contribution is -2.24. The Morgan fingerprint density at radius 3 is 2.83 bits per heavy atom. The van der Waals surface area contributed by atoms with Crippen molar-refractivity contribution in [2.45, 2.75) is 13.0 Å². The van der Waals surface area contributed by atoms with Gasteiger partial charge in [0.05, 0.1) is 12.6 Å². The molecule has 94 valence electrons. The van der Waals surface area contributed by atoms with Gasteiger partial charge in [-0.2, -0.15) is 5.10 Å². The summed E-state index contributed by atoms with van der Waals surface area (Å²) < 4.78 is 0. The number of hydrogen-bond acceptors (Lipinski definition) is 4. The van der Waals surface area contributed by atoms with Gasteiger partial charge in [0.1, 0.15) is 11.6 Å². The van der Waals surface area contributed by atoms with E-state index in [1.165, 1.54) is 0 Å². The Labute approximate surface area is 104 Å². The number of carbonyl (C=O) groups is 1. The first-order valence-electron chi connectivity index (χ1n) is 5.48. The monoisotopic (exact) mass is 246 g/mol. The van der Waals surface area contributed by atoms with Crippen LogP contribution in [0.15, 0.2) is 30.5 Å². The van der Waals surface area contributed by atoms with Crippen LogP contribution in [-0.4, -0.2) is 21.2 Å². The number of nitrogens with two attached hydrogens (primary N) is 1. The van der Waals surface area contributed by atoms with Gasteiger partial charge in [-0.25, -0.2) is 0 Å². The summed E-state index contributed by atoms with van der Waals surface area (Å²) in [7, 11) is 0. The second-order valence-corrected chi connectivity index (χ2v) is 3.89. The van der Waals surface area contributed by atoms with Crippen LogP contribution in [0.25, 0.3) is 0 Å². The normalized spacial score (nSPS) is 10.2. The first-order chi connectivity index (χ1) is 8.66. The molecular weight excluding hydrogens is 232 g/mol. The zero-order valence-electron chi connectivity index (χ0n) is 9.68. The Morgan fingerprint density at radius 1 is 1.39 bits per heavy atom. The van der Waals surface area contributed by atoms with E-state index < -0.39 is 0 Å². The summed E-state index contributed by atoms with van der Waals surface area (Å²) >= 11 is 0. The number of anilines is 1. The second kappa shape index (κ2) is 5.22. The minimum Gasteiger partial charge on any atom is -0.508 e. The molecule has 0 saturated carbocycles. The number of nitrogens with zero attached hydrogens (tertiary/aromatic N) is 1. The van der Waals surface area contributed by atoms with Gasteiger partial charge in [-0.1, -0.05) is 18.2 Å². The van der Waals surface area contributed by atoms with Crippen LogP contribution in [0, 0.1) is 0 Å². The molecule has 0 atom stereocenters. The predicted octanol–water partition coefficient (Wildman–Crippen LogP) is 0.556. The molecule has 5 N–H and O–H groups in total. The Balaban J connectivity index is 1.90. The number of phenolic OH excluding ortho intramolecular Hbond substituents is 1. The molecule has 0 radical (unpaired) electrons. The van der Waals surface area contributed by atoms with Crippen LogP contribution >= 0.6 is 0 Å². The highest BCUT2D eigenvalue weighted by atomic mass is 16.3. The maximum absolute atomic E-state index is 11.7. The summed E-state index contributed by atoms with van der Waals surface area (Å²) in [6.45, 7) is 0.314. The lowest BCUT2D eigenvalue weighted by molar-refractivity contribution is -0.120. The molecular formula is C12H14N4O2. The Morgan fingerprint density at radius 2 is 2.17 bits per heavy atom. The highest BCUT2D eigenvalue weighted by Crippen LogP contribution is 2.16. The van der Waals surface area contributed by atoms with Crippen LogP contribution in [0.1, 0.15) is 11.1 Å². The maximum atomic E-state index is 11.7. The SMILES string of the molecule is Nc1[nH]ncc1CNC(=O)Cc1ccccc1O. The molecule has 18 heavy (non-hydrogen) atoms. The summed E-state index contributed by atoms with van der Waals surface area (Å²) in [6, 6.07) is 6.75. The summed E-state index contributed by atoms with van der Waals surface area (Å²) in [4.78, 5) is 11.7. The van der Waals surface area contributed by atoms with Gasteiger partial charge in [-0.3, -0.25) is 9.89 Å². The zero-order chi connectivity index (χ0) is 13.0. The Kier molecular flexibility index (Phi) is 3.47. The van der Waals surface area contributed by atoms with E-state index in [1.807, 2.05) is 0 Å². The highest BCUT2D eigenvalue weighted by molar-refractivity contribution is 5.79. The minimum absolute atomic E-state index is 0.121. The van der Waals surface area contributed by atoms with Crippen molar-refractivity contribution in [3.63, 3.8) is 0 Å². The molecule has 2 aromatic rings. The third kappa shape index (κ3) is 2.79. The molecule has 6 nitrogen and oxygen atoms in total. The molecule has 0 bridgehead atoms. The standard InChI is InChI=1S/C12H14N4O2/c13-12-9(7-15-16-12)6-14-11(18)5-8-3-1-2-4-10(8)17/h1-4,7,17H,5-6H2,(H,14,18)(H3,13,15,16). The van der Waals surface area contributed by atoms with E-state index in [2.05, 4.69) is 15.5 Å². The van der Waals surface area contributed by atoms with E-state index in [-0.39, 0.29) is 18.1 Å². The average molecular weight is 246 g/mol. The molecule has 1 aromatic heterocycles. The summed E-state index contributed by atoms with van der Waals surface area (Å²) in [6.07, 6.45) is 1.69. The van der Waals surface area contributed by atoms with E-state index >= 15 is 0 Å². The van der Waals surface area contributed by atoms with Gasteiger partial charge in [0, 0.05) is 17.7 Å². The van der Waals surface area contributed by atoms with Gasteiger partial charge in [-0.05, 0) is 6.07 Å². The van der Waals surface area contributed by atoms with Gasteiger partial charge in [-0.15, -0.1) is 0 Å². The van der Waals surface area contributed by atoms with Crippen molar-refractivity contribution >= 4 is 11.7 Å². The average Bonchev–Trinajstić information content (AvgIpc) is 2.75. The van der Waals surface area contributed by atoms with Crippen LogP contribution in [0.5, 0.6) is 5.75 Å². The zero-order valence-corrected chi connectivity index (χ0v) is 9.68. The number of para-hydroxylation sites is 1. The number of nitrogen functional groups attached to an aromatic ring is 1. The summed E-state index contributed by atoms with van der Waals surface area (Å²) in [5, 5.41) is 18.6. The lowest BCUT2D eigenvalue weighted by atomic mass is 10.1. The molecule has 1 amide bonds. The van der Waals surface area contributed by atoms with Crippen molar-refractivity contribution in [1.29, 1.82) is 0 Å². The van der Waals surface area contributed by atoms with Gasteiger partial charge in [0.25, 0.3) is 0 Å². The molecule has 0 fully saturated rings. The van der Waals surface area contributed by atoms with Crippen molar-refractivity contribution in [2.75, 3.05) is 5.73 Å². The summed E-state index contributed by atoms with van der Waals surface area (Å²) in [5.41, 5.74) is 6.92. The molecule has 1 heterocycles. The van der Waals surface area contributed by atoms with Gasteiger partial charge < -0.3 is 16.2 Å². The van der Waals surface area contributed by atoms with E-state index in [1.54, 1.807) is 30.5 Å². The van der Waals surface area contributed by atoms with E-state index in [9.17, 15) is 9.90 Å². The predicted molar refractivity (Wildman–Crippen MR) is 66.7 cm³/mol. The smallest absolute Gasteiger partial charge is 0.224 e. The third-order valence-electron chi connectivity index (χ3n) is 2.57. The number of aromatic nitrogens is 2. The summed E-state index contributed by atoms with van der Waals surface area (Å²) in [5.74, 6) is 0.380. The Hall–Kier alpha value is -2.50. The number of phenols is 1. The topological polar surface area (TPSA) is 104 Å². The number of rotatable bonds is 4. The molecule has 0 unspecified atom stereocenters. The molecule has 0 aliphatic rings. The number of hydrogen-bond donors (Lipinski definition) is 4. The van der Waals surface area contributed by atoms with Crippen molar-refractivity contribution in [2.24, 2.45) is 0 Å². The molecule has 6 heteroatoms. The first-order valence-corrected chi connectivity index (χ1v) is 5.48. The van der Waals surface area contributed by atoms with Gasteiger partial charge in [0.15, 0.2) is 0 Å². The van der Waals surface area contributed by atoms with Crippen LogP contribution in [0.2, 0.25) is 0 Å². The maximum Gasteiger partial charge on any atom is 0.224 e. The fraction of sp³-hybridized carbons (Fsp3) is 0.167. The van der Waals surface area contributed by atoms with Gasteiger partial charge in [0.2, 0.25) is 5.91 Å². The van der Waals surface area contributed by atoms with Crippen molar-refractivity contribution < 1.29 is 9.90 Å². The van der Waals surface area contributed by atoms with Crippen molar-refractivity contribution in [3.05, 3.63) is 41.6 Å². The van der Waals surface area contributed by atoms with Crippen LogP contribution in [-0.2, 0) is 17.8 Å². The lowest BCUT2D eigenvalue weighted by Gasteiger charge is -2.05. The first kappa shape index (κ1) is 12.0. The quantitative estimate of drug-likeness (QED) is 0.632. The number of benzene rings is 1. The van der Waals surface area contributed by atoms with E-state index in [0.29, 0.717) is 17.9 Å². The number of aromatic hydroxyl groups is 1. The van der Waals surface area contributed by atoms with Crippen LogP contribution in [0.3, 0.4) is 0 Å². The number of nitrogens with one attached hydrogen (secondary N) is 2. The fourth-order valence-corrected chi connectivity index (χ4v) is 1.55. The fourth-order valence-electron chi connectivity index (χ4n) is 1.55. The van der Waals surface area contributed by atoms with Crippen LogP contribution in [0.4, 0.5) is 5.82 Å². The molecule has 0 aliphatic heterocycles. The number of aromatic amines is 1. The molecule has 0 aliphatic carbocycles. The van der Waals surface area contributed by atoms with E-state index in [0.717, 1.165) is 5.56 Å². The second-order valence-electron chi connectivity index (χ2n) is 3.89. The minimum atomic E-state index is -0.183. The molecule has 0 saturated heterocycles. The number of carbonyl (C=O) groups excluding carboxylic acids is 1.